The second-order valence-electron chi connectivity index (χ2n) is 6.37. The average Bonchev–Trinajstić information content (AvgIpc) is 3.16. The highest BCUT2D eigenvalue weighted by Crippen LogP contribution is 2.18. The number of hydrogen-bond donors (Lipinski definition) is 1. The van der Waals surface area contributed by atoms with Crippen LogP contribution in [-0.4, -0.2) is 42.4 Å². The van der Waals surface area contributed by atoms with Crippen LogP contribution in [0.25, 0.3) is 11.4 Å². The summed E-state index contributed by atoms with van der Waals surface area (Å²) in [5, 5.41) is 6.90. The number of benzene rings is 2. The van der Waals surface area contributed by atoms with Gasteiger partial charge in [-0.3, -0.25) is 4.79 Å². The molecule has 0 unspecified atom stereocenters. The van der Waals surface area contributed by atoms with E-state index in [1.807, 2.05) is 31.2 Å². The smallest absolute Gasteiger partial charge is 0.246 e. The third-order valence-electron chi connectivity index (χ3n) is 4.07. The molecule has 10 heteroatoms. The van der Waals surface area contributed by atoms with E-state index in [1.165, 1.54) is 31.3 Å². The van der Waals surface area contributed by atoms with Crippen molar-refractivity contribution in [2.75, 3.05) is 13.6 Å². The first-order chi connectivity index (χ1) is 13.8. The van der Waals surface area contributed by atoms with Crippen molar-refractivity contribution >= 4 is 27.5 Å². The maximum atomic E-state index is 12.5. The Hall–Kier alpha value is -2.75. The van der Waals surface area contributed by atoms with Gasteiger partial charge in [0.05, 0.1) is 18.0 Å². The predicted octanol–water partition coefficient (Wildman–Crippen LogP) is 2.64. The number of nitrogens with one attached hydrogen (secondary N) is 1. The lowest BCUT2D eigenvalue weighted by Gasteiger charge is -2.16. The second kappa shape index (κ2) is 8.73. The molecule has 3 aromatic rings. The highest BCUT2D eigenvalue weighted by atomic mass is 35.5. The fraction of sp³-hybridized carbons (Fsp3) is 0.211. The van der Waals surface area contributed by atoms with Crippen molar-refractivity contribution in [3.8, 4) is 11.4 Å². The van der Waals surface area contributed by atoms with Crippen LogP contribution in [0.5, 0.6) is 0 Å². The van der Waals surface area contributed by atoms with E-state index in [1.54, 1.807) is 0 Å². The maximum Gasteiger partial charge on any atom is 0.246 e. The van der Waals surface area contributed by atoms with Crippen molar-refractivity contribution in [1.29, 1.82) is 0 Å². The number of aromatic nitrogens is 2. The zero-order chi connectivity index (χ0) is 21.0. The molecule has 1 aromatic heterocycles. The van der Waals surface area contributed by atoms with Crippen molar-refractivity contribution in [2.24, 2.45) is 0 Å². The molecule has 29 heavy (non-hydrogen) atoms. The summed E-state index contributed by atoms with van der Waals surface area (Å²) < 4.78 is 31.1. The minimum absolute atomic E-state index is 0.00746. The molecule has 0 aliphatic rings. The van der Waals surface area contributed by atoms with Gasteiger partial charge in [-0.25, -0.2) is 8.42 Å². The maximum absolute atomic E-state index is 12.5. The van der Waals surface area contributed by atoms with Crippen LogP contribution in [0.15, 0.2) is 57.9 Å². The molecule has 0 spiro atoms. The largest absolute Gasteiger partial charge is 0.346 e. The van der Waals surface area contributed by atoms with E-state index in [4.69, 9.17) is 16.1 Å². The lowest BCUT2D eigenvalue weighted by atomic mass is 10.1. The summed E-state index contributed by atoms with van der Waals surface area (Å²) in [5.74, 6) is 0.138. The minimum atomic E-state index is -3.81. The van der Waals surface area contributed by atoms with Gasteiger partial charge in [-0.05, 0) is 37.3 Å². The number of halogens is 1. The van der Waals surface area contributed by atoms with Crippen LogP contribution in [0, 0.1) is 6.92 Å². The normalized spacial score (nSPS) is 11.6. The summed E-state index contributed by atoms with van der Waals surface area (Å²) in [6, 6.07) is 13.3. The van der Waals surface area contributed by atoms with Gasteiger partial charge in [0.1, 0.15) is 0 Å². The van der Waals surface area contributed by atoms with Crippen molar-refractivity contribution in [1.82, 2.24) is 19.8 Å². The van der Waals surface area contributed by atoms with Gasteiger partial charge in [-0.1, -0.05) is 40.5 Å². The third-order valence-corrected chi connectivity index (χ3v) is 6.14. The topological polar surface area (TPSA) is 105 Å². The van der Waals surface area contributed by atoms with Gasteiger partial charge in [0.2, 0.25) is 27.6 Å². The number of aryl methyl sites for hydroxylation is 1. The van der Waals surface area contributed by atoms with E-state index in [0.29, 0.717) is 10.8 Å². The molecule has 0 fully saturated rings. The number of sulfonamides is 1. The fourth-order valence-corrected chi connectivity index (χ4v) is 3.79. The molecule has 0 atom stereocenters. The molecule has 2 aromatic carbocycles. The van der Waals surface area contributed by atoms with Gasteiger partial charge in [0.25, 0.3) is 0 Å². The second-order valence-corrected chi connectivity index (χ2v) is 8.85. The molecule has 152 valence electrons. The molecule has 0 bridgehead atoms. The summed E-state index contributed by atoms with van der Waals surface area (Å²) in [6.45, 7) is 1.59. The Kier molecular flexibility index (Phi) is 6.31. The van der Waals surface area contributed by atoms with E-state index < -0.39 is 15.9 Å². The SMILES string of the molecule is Cc1cccc(-c2noc(CNC(=O)CN(C)S(=O)(=O)c3ccc(Cl)cc3)n2)c1. The molecule has 0 aliphatic heterocycles. The summed E-state index contributed by atoms with van der Waals surface area (Å²) >= 11 is 5.78. The summed E-state index contributed by atoms with van der Waals surface area (Å²) in [4.78, 5) is 16.4. The van der Waals surface area contributed by atoms with E-state index in [-0.39, 0.29) is 23.9 Å². The lowest BCUT2D eigenvalue weighted by molar-refractivity contribution is -0.121. The monoisotopic (exact) mass is 434 g/mol. The van der Waals surface area contributed by atoms with Crippen LogP contribution in [-0.2, 0) is 21.4 Å². The quantitative estimate of drug-likeness (QED) is 0.612. The number of likely N-dealkylation sites (N-methyl/N-ethyl adjacent to an activating group) is 1. The Morgan fingerprint density at radius 3 is 2.62 bits per heavy atom. The van der Waals surface area contributed by atoms with E-state index >= 15 is 0 Å². The number of hydrogen-bond acceptors (Lipinski definition) is 6. The van der Waals surface area contributed by atoms with Gasteiger partial charge in [0, 0.05) is 17.6 Å². The molecule has 0 saturated heterocycles. The Morgan fingerprint density at radius 1 is 1.21 bits per heavy atom. The van der Waals surface area contributed by atoms with Crippen LogP contribution in [0.2, 0.25) is 5.02 Å². The zero-order valence-electron chi connectivity index (χ0n) is 15.8. The zero-order valence-corrected chi connectivity index (χ0v) is 17.4. The van der Waals surface area contributed by atoms with Crippen LogP contribution < -0.4 is 5.32 Å². The van der Waals surface area contributed by atoms with Crippen molar-refractivity contribution in [2.45, 2.75) is 18.4 Å². The number of rotatable bonds is 7. The highest BCUT2D eigenvalue weighted by molar-refractivity contribution is 7.89. The van der Waals surface area contributed by atoms with Gasteiger partial charge in [-0.15, -0.1) is 0 Å². The van der Waals surface area contributed by atoms with Gasteiger partial charge >= 0.3 is 0 Å². The van der Waals surface area contributed by atoms with Gasteiger partial charge < -0.3 is 9.84 Å². The number of nitrogens with zero attached hydrogens (tertiary/aromatic N) is 3. The molecule has 0 saturated carbocycles. The summed E-state index contributed by atoms with van der Waals surface area (Å²) in [5.41, 5.74) is 1.87. The van der Waals surface area contributed by atoms with E-state index in [0.717, 1.165) is 15.4 Å². The molecule has 8 nitrogen and oxygen atoms in total. The third kappa shape index (κ3) is 5.20. The van der Waals surface area contributed by atoms with E-state index in [2.05, 4.69) is 15.5 Å². The molecule has 3 rings (SSSR count). The lowest BCUT2D eigenvalue weighted by Crippen LogP contribution is -2.38. The van der Waals surface area contributed by atoms with Crippen molar-refractivity contribution < 1.29 is 17.7 Å². The standard InChI is InChI=1S/C19H19ClN4O4S/c1-13-4-3-5-14(10-13)19-22-18(28-23-19)11-21-17(25)12-24(2)29(26,27)16-8-6-15(20)7-9-16/h3-10H,11-12H2,1-2H3,(H,21,25). The molecule has 0 radical (unpaired) electrons. The molecule has 0 aliphatic carbocycles. The summed E-state index contributed by atoms with van der Waals surface area (Å²) in [6.07, 6.45) is 0. The molecular formula is C19H19ClN4O4S. The Morgan fingerprint density at radius 2 is 1.93 bits per heavy atom. The summed E-state index contributed by atoms with van der Waals surface area (Å²) in [7, 11) is -2.48. The van der Waals surface area contributed by atoms with Gasteiger partial charge in [0.15, 0.2) is 0 Å². The van der Waals surface area contributed by atoms with Crippen molar-refractivity contribution in [3.05, 3.63) is 65.0 Å². The Bertz CT molecular complexity index is 1110. The molecule has 1 heterocycles. The van der Waals surface area contributed by atoms with Crippen LogP contribution in [0.3, 0.4) is 0 Å². The first-order valence-electron chi connectivity index (χ1n) is 8.64. The predicted molar refractivity (Wildman–Crippen MR) is 108 cm³/mol. The molecular weight excluding hydrogens is 416 g/mol. The molecule has 1 amide bonds. The highest BCUT2D eigenvalue weighted by Gasteiger charge is 2.23. The molecule has 1 N–H and O–H groups in total. The van der Waals surface area contributed by atoms with Crippen LogP contribution in [0.4, 0.5) is 0 Å². The van der Waals surface area contributed by atoms with Crippen molar-refractivity contribution in [3.63, 3.8) is 0 Å². The first kappa shape index (κ1) is 21.0. The number of carbonyl (C=O) groups is 1. The van der Waals surface area contributed by atoms with Crippen LogP contribution in [0.1, 0.15) is 11.5 Å². The Labute approximate surface area is 173 Å². The first-order valence-corrected chi connectivity index (χ1v) is 10.5. The fourth-order valence-electron chi connectivity index (χ4n) is 2.53. The van der Waals surface area contributed by atoms with Crippen LogP contribution >= 0.6 is 11.6 Å². The Balaban J connectivity index is 1.58. The minimum Gasteiger partial charge on any atom is -0.346 e. The number of amides is 1. The average molecular weight is 435 g/mol. The van der Waals surface area contributed by atoms with Gasteiger partial charge in [-0.2, -0.15) is 9.29 Å². The van der Waals surface area contributed by atoms with E-state index in [9.17, 15) is 13.2 Å². The number of carbonyl (C=O) groups excluding carboxylic acids is 1.